The molecule has 9 nitrogen and oxygen atoms in total. The normalized spacial score (nSPS) is 36.9. The highest BCUT2D eigenvalue weighted by atomic mass is 33.1. The monoisotopic (exact) mass is 380 g/mol. The molecule has 0 aromatic carbocycles. The van der Waals surface area contributed by atoms with Gasteiger partial charge in [-0.05, 0) is 25.7 Å². The van der Waals surface area contributed by atoms with E-state index in [9.17, 15) is 35.2 Å². The molecule has 0 saturated heterocycles. The minimum Gasteiger partial charge on any atom is -0.481 e. The lowest BCUT2D eigenvalue weighted by molar-refractivity contribution is -0.537. The van der Waals surface area contributed by atoms with E-state index in [1.807, 2.05) is 0 Å². The van der Waals surface area contributed by atoms with Gasteiger partial charge in [0.25, 0.3) is 0 Å². The van der Waals surface area contributed by atoms with Crippen molar-refractivity contribution in [2.45, 2.75) is 67.2 Å². The van der Waals surface area contributed by atoms with Crippen LogP contribution in [0, 0.1) is 26.1 Å². The van der Waals surface area contributed by atoms with Crippen molar-refractivity contribution in [1.29, 1.82) is 0 Å². The molecule has 0 radical (unpaired) electrons. The second kappa shape index (κ2) is 8.34. The summed E-state index contributed by atoms with van der Waals surface area (Å²) in [5.74, 6) is -2.10. The quantitative estimate of drug-likeness (QED) is 0.400. The van der Waals surface area contributed by atoms with Gasteiger partial charge in [0.1, 0.15) is 12.0 Å². The summed E-state index contributed by atoms with van der Waals surface area (Å²) >= 11 is 0. The summed E-state index contributed by atoms with van der Waals surface area (Å²) in [6, 6.07) is -1.93. The van der Waals surface area contributed by atoms with Gasteiger partial charge >= 0.3 is 5.97 Å². The van der Waals surface area contributed by atoms with Crippen LogP contribution < -0.4 is 0 Å². The van der Waals surface area contributed by atoms with Crippen molar-refractivity contribution >= 4 is 27.6 Å². The summed E-state index contributed by atoms with van der Waals surface area (Å²) in [7, 11) is 3.02. The van der Waals surface area contributed by atoms with Crippen molar-refractivity contribution in [3.63, 3.8) is 0 Å². The molecule has 2 fully saturated rings. The van der Waals surface area contributed by atoms with E-state index in [1.54, 1.807) is 0 Å². The number of carbonyl (C=O) groups is 1. The summed E-state index contributed by atoms with van der Waals surface area (Å²) in [6.07, 6.45) is 1.44. The first-order valence-corrected chi connectivity index (χ1v) is 10.1. The molecule has 0 aromatic heterocycles. The summed E-state index contributed by atoms with van der Waals surface area (Å²) in [4.78, 5) is 32.0. The van der Waals surface area contributed by atoms with Crippen molar-refractivity contribution in [3.8, 4) is 0 Å². The van der Waals surface area contributed by atoms with Crippen molar-refractivity contribution in [2.75, 3.05) is 0 Å². The molecule has 11 heteroatoms. The molecule has 2 aliphatic carbocycles. The van der Waals surface area contributed by atoms with Crippen molar-refractivity contribution in [2.24, 2.45) is 5.92 Å². The number of aliphatic hydroxyl groups is 1. The molecule has 2 rings (SSSR count). The third-order valence-electron chi connectivity index (χ3n) is 4.69. The molecule has 24 heavy (non-hydrogen) atoms. The first-order valence-electron chi connectivity index (χ1n) is 7.79. The van der Waals surface area contributed by atoms with E-state index in [1.165, 1.54) is 21.6 Å². The first kappa shape index (κ1) is 19.3. The Balaban J connectivity index is 1.82. The molecule has 136 valence electrons. The smallest absolute Gasteiger partial charge is 0.313 e. The fraction of sp³-hybridized carbons (Fsp3) is 0.923. The van der Waals surface area contributed by atoms with E-state index in [2.05, 4.69) is 0 Å². The number of aliphatic carboxylic acids is 1. The molecule has 0 bridgehead atoms. The topological polar surface area (TPSA) is 144 Å². The minimum absolute atomic E-state index is 0.0117. The van der Waals surface area contributed by atoms with Crippen molar-refractivity contribution in [1.82, 2.24) is 0 Å². The van der Waals surface area contributed by atoms with Gasteiger partial charge in [0, 0.05) is 33.2 Å². The van der Waals surface area contributed by atoms with Crippen LogP contribution in [-0.2, 0) is 4.79 Å². The van der Waals surface area contributed by atoms with Crippen molar-refractivity contribution < 1.29 is 24.9 Å². The number of nitro groups is 2. The van der Waals surface area contributed by atoms with E-state index in [-0.39, 0.29) is 23.3 Å². The average molecular weight is 380 g/mol. The zero-order valence-electron chi connectivity index (χ0n) is 12.9. The standard InChI is InChI=1S/C13H20N2O7S2/c16-12-6-8(2-4-11(12)15(21)22)24-23-7-1-3-10(14(19)20)9(5-7)13(17)18/h7-12,16H,1-6H2,(H,17,18). The van der Waals surface area contributed by atoms with E-state index in [4.69, 9.17) is 0 Å². The third-order valence-corrected chi connectivity index (χ3v) is 8.16. The van der Waals surface area contributed by atoms with Gasteiger partial charge in [-0.2, -0.15) is 0 Å². The Morgan fingerprint density at radius 1 is 0.917 bits per heavy atom. The lowest BCUT2D eigenvalue weighted by atomic mass is 9.84. The second-order valence-electron chi connectivity index (χ2n) is 6.28. The molecule has 2 saturated carbocycles. The fourth-order valence-corrected chi connectivity index (χ4v) is 6.64. The zero-order valence-corrected chi connectivity index (χ0v) is 14.5. The van der Waals surface area contributed by atoms with Gasteiger partial charge in [-0.3, -0.25) is 25.0 Å². The van der Waals surface area contributed by atoms with Crippen LogP contribution in [0.4, 0.5) is 0 Å². The van der Waals surface area contributed by atoms with Crippen molar-refractivity contribution in [3.05, 3.63) is 20.2 Å². The van der Waals surface area contributed by atoms with Crippen LogP contribution in [0.1, 0.15) is 38.5 Å². The lowest BCUT2D eigenvalue weighted by Crippen LogP contribution is -2.41. The Labute approximate surface area is 146 Å². The Kier molecular flexibility index (Phi) is 6.70. The third kappa shape index (κ3) is 4.73. The van der Waals surface area contributed by atoms with E-state index < -0.39 is 39.9 Å². The predicted molar refractivity (Wildman–Crippen MR) is 89.2 cm³/mol. The summed E-state index contributed by atoms with van der Waals surface area (Å²) in [6.45, 7) is 0. The molecule has 0 aliphatic heterocycles. The average Bonchev–Trinajstić information content (AvgIpc) is 2.52. The summed E-state index contributed by atoms with van der Waals surface area (Å²) in [5.41, 5.74) is 0. The van der Waals surface area contributed by atoms with Gasteiger partial charge in [0.05, 0.1) is 0 Å². The molecular formula is C13H20N2O7S2. The van der Waals surface area contributed by atoms with Gasteiger partial charge in [0.2, 0.25) is 12.1 Å². The van der Waals surface area contributed by atoms with Gasteiger partial charge in [0.15, 0.2) is 0 Å². The van der Waals surface area contributed by atoms with Crippen LogP contribution in [0.3, 0.4) is 0 Å². The van der Waals surface area contributed by atoms with Crippen LogP contribution in [0.2, 0.25) is 0 Å². The van der Waals surface area contributed by atoms with E-state index in [0.29, 0.717) is 25.7 Å². The first-order chi connectivity index (χ1) is 11.3. The van der Waals surface area contributed by atoms with Gasteiger partial charge < -0.3 is 10.2 Å². The number of hydrogen-bond donors (Lipinski definition) is 2. The highest BCUT2D eigenvalue weighted by Crippen LogP contribution is 2.44. The molecule has 0 heterocycles. The number of nitrogens with zero attached hydrogens (tertiary/aromatic N) is 2. The molecule has 2 aliphatic rings. The van der Waals surface area contributed by atoms with E-state index >= 15 is 0 Å². The zero-order chi connectivity index (χ0) is 17.9. The molecule has 0 amide bonds. The maximum Gasteiger partial charge on any atom is 0.313 e. The SMILES string of the molecule is O=C(O)C1CC(SSC2CCC([N+](=O)[O-])C(O)C2)CCC1[N+](=O)[O-]. The molecule has 2 N–H and O–H groups in total. The Morgan fingerprint density at radius 3 is 1.88 bits per heavy atom. The van der Waals surface area contributed by atoms with E-state index in [0.717, 1.165) is 0 Å². The van der Waals surface area contributed by atoms with Crippen LogP contribution in [-0.4, -0.2) is 54.7 Å². The number of rotatable bonds is 6. The van der Waals surface area contributed by atoms with Crippen LogP contribution in [0.15, 0.2) is 0 Å². The number of carboxylic acids is 1. The molecule has 0 aromatic rings. The van der Waals surface area contributed by atoms with Gasteiger partial charge in [-0.1, -0.05) is 21.6 Å². The molecule has 6 atom stereocenters. The number of carboxylic acid groups (broad SMARTS) is 1. The largest absolute Gasteiger partial charge is 0.481 e. The summed E-state index contributed by atoms with van der Waals surface area (Å²) in [5, 5.41) is 40.9. The number of aliphatic hydroxyl groups excluding tert-OH is 1. The van der Waals surface area contributed by atoms with Crippen LogP contribution in [0.25, 0.3) is 0 Å². The van der Waals surface area contributed by atoms with Crippen LogP contribution in [0.5, 0.6) is 0 Å². The van der Waals surface area contributed by atoms with Crippen LogP contribution >= 0.6 is 21.6 Å². The Morgan fingerprint density at radius 2 is 1.42 bits per heavy atom. The highest BCUT2D eigenvalue weighted by molar-refractivity contribution is 8.77. The van der Waals surface area contributed by atoms with Gasteiger partial charge in [-0.25, -0.2) is 0 Å². The highest BCUT2D eigenvalue weighted by Gasteiger charge is 2.43. The number of hydrogen-bond acceptors (Lipinski definition) is 8. The molecular weight excluding hydrogens is 360 g/mol. The lowest BCUT2D eigenvalue weighted by Gasteiger charge is -2.31. The van der Waals surface area contributed by atoms with Gasteiger partial charge in [-0.15, -0.1) is 0 Å². The summed E-state index contributed by atoms with van der Waals surface area (Å²) < 4.78 is 0. The maximum absolute atomic E-state index is 11.2. The Bertz CT molecular complexity index is 507. The molecule has 6 unspecified atom stereocenters. The fourth-order valence-electron chi connectivity index (χ4n) is 3.30. The Hall–Kier alpha value is -1.07. The minimum atomic E-state index is -1.13. The maximum atomic E-state index is 11.2. The molecule has 0 spiro atoms. The second-order valence-corrected chi connectivity index (χ2v) is 9.15. The predicted octanol–water partition coefficient (Wildman–Crippen LogP) is 1.83.